The standard InChI is InChI=1S/C14H21N3O3S/c1-2-13(15)14(18)16-8-10-17(11-9-16)21(19,20)12-6-4-3-5-7-12/h3-7,13H,2,8-11,15H2,1H3/t13-/m0/s1. The van der Waals surface area contributed by atoms with Crippen LogP contribution in [0.25, 0.3) is 0 Å². The lowest BCUT2D eigenvalue weighted by Crippen LogP contribution is -2.54. The van der Waals surface area contributed by atoms with Crippen LogP contribution in [-0.4, -0.2) is 55.8 Å². The van der Waals surface area contributed by atoms with E-state index in [1.54, 1.807) is 35.2 Å². The zero-order chi connectivity index (χ0) is 15.5. The molecule has 21 heavy (non-hydrogen) atoms. The van der Waals surface area contributed by atoms with Gasteiger partial charge in [-0.05, 0) is 18.6 Å². The van der Waals surface area contributed by atoms with E-state index in [1.165, 1.54) is 4.31 Å². The first-order valence-electron chi connectivity index (χ1n) is 7.06. The lowest BCUT2D eigenvalue weighted by molar-refractivity contribution is -0.133. The Balaban J connectivity index is 2.03. The van der Waals surface area contributed by atoms with E-state index in [9.17, 15) is 13.2 Å². The summed E-state index contributed by atoms with van der Waals surface area (Å²) in [4.78, 5) is 13.9. The van der Waals surface area contributed by atoms with E-state index in [0.717, 1.165) is 0 Å². The molecule has 1 heterocycles. The fourth-order valence-corrected chi connectivity index (χ4v) is 3.74. The van der Waals surface area contributed by atoms with E-state index < -0.39 is 16.1 Å². The molecule has 0 radical (unpaired) electrons. The van der Waals surface area contributed by atoms with Crippen molar-refractivity contribution in [2.75, 3.05) is 26.2 Å². The third kappa shape index (κ3) is 3.42. The molecule has 7 heteroatoms. The van der Waals surface area contributed by atoms with Gasteiger partial charge >= 0.3 is 0 Å². The van der Waals surface area contributed by atoms with Crippen LogP contribution < -0.4 is 5.73 Å². The van der Waals surface area contributed by atoms with Crippen LogP contribution in [0, 0.1) is 0 Å². The van der Waals surface area contributed by atoms with Gasteiger partial charge in [0.1, 0.15) is 0 Å². The number of rotatable bonds is 4. The number of hydrogen-bond donors (Lipinski definition) is 1. The number of piperazine rings is 1. The molecule has 116 valence electrons. The number of nitrogens with two attached hydrogens (primary N) is 1. The van der Waals surface area contributed by atoms with Crippen molar-refractivity contribution in [3.8, 4) is 0 Å². The first-order valence-corrected chi connectivity index (χ1v) is 8.50. The molecule has 2 rings (SSSR count). The zero-order valence-corrected chi connectivity index (χ0v) is 12.9. The summed E-state index contributed by atoms with van der Waals surface area (Å²) in [7, 11) is -3.47. The minimum Gasteiger partial charge on any atom is -0.339 e. The smallest absolute Gasteiger partial charge is 0.243 e. The zero-order valence-electron chi connectivity index (χ0n) is 12.1. The Morgan fingerprint density at radius 3 is 2.29 bits per heavy atom. The highest BCUT2D eigenvalue weighted by Gasteiger charge is 2.31. The molecular formula is C14H21N3O3S. The SMILES string of the molecule is CC[C@H](N)C(=O)N1CCN(S(=O)(=O)c2ccccc2)CC1. The fourth-order valence-electron chi connectivity index (χ4n) is 2.30. The third-order valence-corrected chi connectivity index (χ3v) is 5.60. The summed E-state index contributed by atoms with van der Waals surface area (Å²) in [6.45, 7) is 3.24. The largest absolute Gasteiger partial charge is 0.339 e. The highest BCUT2D eigenvalue weighted by atomic mass is 32.2. The predicted molar refractivity (Wildman–Crippen MR) is 80.0 cm³/mol. The summed E-state index contributed by atoms with van der Waals surface area (Å²) in [5.41, 5.74) is 5.74. The van der Waals surface area contributed by atoms with Crippen LogP contribution in [-0.2, 0) is 14.8 Å². The molecule has 0 aliphatic carbocycles. The van der Waals surface area contributed by atoms with Crippen LogP contribution in [0.1, 0.15) is 13.3 Å². The van der Waals surface area contributed by atoms with Crippen molar-refractivity contribution in [3.63, 3.8) is 0 Å². The molecule has 1 aromatic carbocycles. The van der Waals surface area contributed by atoms with Gasteiger partial charge in [0, 0.05) is 26.2 Å². The minimum atomic E-state index is -3.47. The van der Waals surface area contributed by atoms with E-state index in [1.807, 2.05) is 6.92 Å². The Kier molecular flexibility index (Phi) is 4.97. The van der Waals surface area contributed by atoms with Gasteiger partial charge < -0.3 is 10.6 Å². The van der Waals surface area contributed by atoms with Gasteiger partial charge in [0.2, 0.25) is 15.9 Å². The maximum atomic E-state index is 12.5. The minimum absolute atomic E-state index is 0.103. The van der Waals surface area contributed by atoms with Gasteiger partial charge in [-0.15, -0.1) is 0 Å². The number of amides is 1. The number of sulfonamides is 1. The average molecular weight is 311 g/mol. The van der Waals surface area contributed by atoms with Crippen LogP contribution >= 0.6 is 0 Å². The Morgan fingerprint density at radius 2 is 1.76 bits per heavy atom. The monoisotopic (exact) mass is 311 g/mol. The second-order valence-corrected chi connectivity index (χ2v) is 7.00. The molecule has 1 atom stereocenters. The van der Waals surface area contributed by atoms with E-state index in [-0.39, 0.29) is 10.8 Å². The Morgan fingerprint density at radius 1 is 1.19 bits per heavy atom. The van der Waals surface area contributed by atoms with Crippen molar-refractivity contribution in [2.24, 2.45) is 5.73 Å². The first kappa shape index (κ1) is 15.9. The second kappa shape index (κ2) is 6.55. The van der Waals surface area contributed by atoms with Gasteiger partial charge in [-0.25, -0.2) is 8.42 Å². The maximum absolute atomic E-state index is 12.5. The summed E-state index contributed by atoms with van der Waals surface area (Å²) >= 11 is 0. The molecular weight excluding hydrogens is 290 g/mol. The predicted octanol–water partition coefficient (Wildman–Crippen LogP) is 0.257. The highest BCUT2D eigenvalue weighted by molar-refractivity contribution is 7.89. The van der Waals surface area contributed by atoms with Gasteiger partial charge in [-0.1, -0.05) is 25.1 Å². The molecule has 6 nitrogen and oxygen atoms in total. The molecule has 0 saturated carbocycles. The molecule has 1 aliphatic rings. The van der Waals surface area contributed by atoms with E-state index in [2.05, 4.69) is 0 Å². The van der Waals surface area contributed by atoms with Crippen molar-refractivity contribution in [2.45, 2.75) is 24.3 Å². The summed E-state index contributed by atoms with van der Waals surface area (Å²) in [5.74, 6) is -0.103. The quantitative estimate of drug-likeness (QED) is 0.864. The van der Waals surface area contributed by atoms with E-state index in [0.29, 0.717) is 32.6 Å². The first-order chi connectivity index (χ1) is 9.96. The lowest BCUT2D eigenvalue weighted by atomic mass is 10.2. The molecule has 1 saturated heterocycles. The number of benzene rings is 1. The molecule has 1 amide bonds. The Hall–Kier alpha value is -1.44. The van der Waals surface area contributed by atoms with Gasteiger partial charge in [0.25, 0.3) is 0 Å². The number of carbonyl (C=O) groups excluding carboxylic acids is 1. The van der Waals surface area contributed by atoms with E-state index in [4.69, 9.17) is 5.73 Å². The topological polar surface area (TPSA) is 83.7 Å². The van der Waals surface area contributed by atoms with Crippen molar-refractivity contribution in [1.29, 1.82) is 0 Å². The Labute approximate surface area is 125 Å². The summed E-state index contributed by atoms with van der Waals surface area (Å²) in [6.07, 6.45) is 0.585. The highest BCUT2D eigenvalue weighted by Crippen LogP contribution is 2.17. The van der Waals surface area contributed by atoms with Crippen LogP contribution in [0.2, 0.25) is 0 Å². The van der Waals surface area contributed by atoms with Crippen molar-refractivity contribution in [3.05, 3.63) is 30.3 Å². The van der Waals surface area contributed by atoms with Crippen molar-refractivity contribution in [1.82, 2.24) is 9.21 Å². The molecule has 1 aromatic rings. The number of nitrogens with zero attached hydrogens (tertiary/aromatic N) is 2. The van der Waals surface area contributed by atoms with Crippen molar-refractivity contribution >= 4 is 15.9 Å². The number of carbonyl (C=O) groups is 1. The second-order valence-electron chi connectivity index (χ2n) is 5.06. The normalized spacial score (nSPS) is 18.5. The van der Waals surface area contributed by atoms with Gasteiger partial charge in [-0.2, -0.15) is 4.31 Å². The lowest BCUT2D eigenvalue weighted by Gasteiger charge is -2.35. The molecule has 1 fully saturated rings. The molecule has 0 unspecified atom stereocenters. The molecule has 0 spiro atoms. The fraction of sp³-hybridized carbons (Fsp3) is 0.500. The van der Waals surface area contributed by atoms with Gasteiger partial charge in [-0.3, -0.25) is 4.79 Å². The number of hydrogen-bond acceptors (Lipinski definition) is 4. The van der Waals surface area contributed by atoms with Gasteiger partial charge in [0.15, 0.2) is 0 Å². The molecule has 1 aliphatic heterocycles. The van der Waals surface area contributed by atoms with Crippen LogP contribution in [0.3, 0.4) is 0 Å². The van der Waals surface area contributed by atoms with E-state index >= 15 is 0 Å². The molecule has 0 aromatic heterocycles. The summed E-state index contributed by atoms with van der Waals surface area (Å²) in [6, 6.07) is 7.85. The maximum Gasteiger partial charge on any atom is 0.243 e. The molecule has 2 N–H and O–H groups in total. The average Bonchev–Trinajstić information content (AvgIpc) is 2.54. The van der Waals surface area contributed by atoms with Crippen molar-refractivity contribution < 1.29 is 13.2 Å². The van der Waals surface area contributed by atoms with Crippen LogP contribution in [0.5, 0.6) is 0 Å². The summed E-state index contributed by atoms with van der Waals surface area (Å²) < 4.78 is 26.3. The molecule has 0 bridgehead atoms. The Bertz CT molecular complexity index is 581. The van der Waals surface area contributed by atoms with Crippen LogP contribution in [0.15, 0.2) is 35.2 Å². The van der Waals surface area contributed by atoms with Gasteiger partial charge in [0.05, 0.1) is 10.9 Å². The van der Waals surface area contributed by atoms with Crippen LogP contribution in [0.4, 0.5) is 0 Å². The summed E-state index contributed by atoms with van der Waals surface area (Å²) in [5, 5.41) is 0. The third-order valence-electron chi connectivity index (χ3n) is 3.69.